The third-order valence-electron chi connectivity index (χ3n) is 2.97. The Kier molecular flexibility index (Phi) is 2.23. The topological polar surface area (TPSA) is 31.2 Å². The molecule has 0 spiro atoms. The van der Waals surface area contributed by atoms with Crippen molar-refractivity contribution in [1.82, 2.24) is 5.32 Å². The lowest BCUT2D eigenvalue weighted by atomic mass is 9.97. The summed E-state index contributed by atoms with van der Waals surface area (Å²) in [6.45, 7) is 5.44. The van der Waals surface area contributed by atoms with Gasteiger partial charge in [-0.1, -0.05) is 19.1 Å². The van der Waals surface area contributed by atoms with E-state index in [-0.39, 0.29) is 5.54 Å². The molecule has 1 atom stereocenters. The number of aryl methyl sites for hydroxylation is 1. The summed E-state index contributed by atoms with van der Waals surface area (Å²) in [5, 5.41) is 3.37. The molecule has 0 aliphatic carbocycles. The van der Waals surface area contributed by atoms with Crippen LogP contribution in [-0.4, -0.2) is 13.7 Å². The molecule has 0 saturated carbocycles. The van der Waals surface area contributed by atoms with E-state index in [1.165, 1.54) is 11.1 Å². The zero-order valence-electron chi connectivity index (χ0n) is 9.05. The van der Waals surface area contributed by atoms with Crippen molar-refractivity contribution in [3.63, 3.8) is 0 Å². The molecule has 1 aromatic rings. The number of rotatable bonds is 3. The van der Waals surface area contributed by atoms with Gasteiger partial charge in [0.15, 0.2) is 0 Å². The summed E-state index contributed by atoms with van der Waals surface area (Å²) in [6, 6.07) is 6.45. The molecule has 1 aliphatic heterocycles. The molecule has 0 aromatic heterocycles. The third kappa shape index (κ3) is 1.50. The summed E-state index contributed by atoms with van der Waals surface area (Å²) in [6.07, 6.45) is 1.08. The Bertz CT molecular complexity index is 342. The van der Waals surface area contributed by atoms with E-state index in [0.717, 1.165) is 18.7 Å². The number of hydrogen-bond acceptors (Lipinski definition) is 2. The fraction of sp³-hybridized carbons (Fsp3) is 0.500. The van der Waals surface area contributed by atoms with Gasteiger partial charge in [-0.3, -0.25) is 0 Å². The highest BCUT2D eigenvalue weighted by molar-refractivity contribution is 5.44. The Hall–Kier alpha value is -1.02. The molecule has 1 fully saturated rings. The van der Waals surface area contributed by atoms with Gasteiger partial charge < -0.3 is 10.1 Å². The van der Waals surface area contributed by atoms with Crippen molar-refractivity contribution in [3.05, 3.63) is 29.3 Å². The summed E-state index contributed by atoms with van der Waals surface area (Å²) >= 11 is 0. The first-order valence-electron chi connectivity index (χ1n) is 5.12. The summed E-state index contributed by atoms with van der Waals surface area (Å²) < 4.78 is 5.37. The number of benzene rings is 1. The monoisotopic (exact) mass is 191 g/mol. The largest absolute Gasteiger partial charge is 0.496 e. The Morgan fingerprint density at radius 2 is 2.21 bits per heavy atom. The molecule has 0 radical (unpaired) electrons. The summed E-state index contributed by atoms with van der Waals surface area (Å²) in [5.41, 5.74) is 2.81. The van der Waals surface area contributed by atoms with Crippen molar-refractivity contribution < 1.29 is 4.74 Å². The lowest BCUT2D eigenvalue weighted by Gasteiger charge is -2.14. The van der Waals surface area contributed by atoms with E-state index in [2.05, 4.69) is 37.4 Å². The molecule has 0 amide bonds. The van der Waals surface area contributed by atoms with Gasteiger partial charge in [-0.05, 0) is 25.0 Å². The molecule has 1 aromatic carbocycles. The van der Waals surface area contributed by atoms with Crippen molar-refractivity contribution in [2.24, 2.45) is 0 Å². The predicted molar refractivity (Wildman–Crippen MR) is 57.7 cm³/mol. The van der Waals surface area contributed by atoms with Crippen LogP contribution in [0.1, 0.15) is 25.0 Å². The third-order valence-corrected chi connectivity index (χ3v) is 2.97. The number of methoxy groups -OCH3 is 1. The van der Waals surface area contributed by atoms with Gasteiger partial charge in [0.1, 0.15) is 5.75 Å². The highest BCUT2D eigenvalue weighted by Gasteiger charge is 2.40. The number of hydrogen-bond donors (Lipinski definition) is 1. The molecular formula is C12H17NO. The van der Waals surface area contributed by atoms with E-state index in [4.69, 9.17) is 4.74 Å². The molecule has 1 heterocycles. The first-order valence-corrected chi connectivity index (χ1v) is 5.12. The number of ether oxygens (including phenoxy) is 1. The van der Waals surface area contributed by atoms with Crippen LogP contribution in [0.4, 0.5) is 0 Å². The highest BCUT2D eigenvalue weighted by Crippen LogP contribution is 2.37. The van der Waals surface area contributed by atoms with Crippen LogP contribution in [0.3, 0.4) is 0 Å². The molecule has 2 nitrogen and oxygen atoms in total. The van der Waals surface area contributed by atoms with Crippen molar-refractivity contribution in [2.75, 3.05) is 13.7 Å². The van der Waals surface area contributed by atoms with Gasteiger partial charge in [0, 0.05) is 12.1 Å². The molecule has 1 unspecified atom stereocenters. The predicted octanol–water partition coefficient (Wildman–Crippen LogP) is 2.08. The van der Waals surface area contributed by atoms with Crippen molar-refractivity contribution in [2.45, 2.75) is 25.8 Å². The number of nitrogens with one attached hydrogen (secondary N) is 1. The lowest BCUT2D eigenvalue weighted by molar-refractivity contribution is 0.405. The van der Waals surface area contributed by atoms with Gasteiger partial charge in [-0.2, -0.15) is 0 Å². The maximum absolute atomic E-state index is 5.37. The smallest absolute Gasteiger partial charge is 0.123 e. The maximum Gasteiger partial charge on any atom is 0.123 e. The minimum atomic E-state index is 0.149. The van der Waals surface area contributed by atoms with Crippen LogP contribution in [0, 0.1) is 0 Å². The highest BCUT2D eigenvalue weighted by atomic mass is 16.5. The van der Waals surface area contributed by atoms with E-state index >= 15 is 0 Å². The average molecular weight is 191 g/mol. The van der Waals surface area contributed by atoms with Crippen LogP contribution in [0.25, 0.3) is 0 Å². The molecule has 2 rings (SSSR count). The second kappa shape index (κ2) is 3.28. The van der Waals surface area contributed by atoms with Crippen molar-refractivity contribution >= 4 is 0 Å². The molecule has 1 N–H and O–H groups in total. The summed E-state index contributed by atoms with van der Waals surface area (Å²) in [5.74, 6) is 0.995. The van der Waals surface area contributed by atoms with Crippen LogP contribution in [0.15, 0.2) is 18.2 Å². The lowest BCUT2D eigenvalue weighted by Crippen LogP contribution is -2.09. The van der Waals surface area contributed by atoms with Gasteiger partial charge in [-0.15, -0.1) is 0 Å². The summed E-state index contributed by atoms with van der Waals surface area (Å²) in [7, 11) is 1.73. The first-order chi connectivity index (χ1) is 6.69. The molecule has 76 valence electrons. The van der Waals surface area contributed by atoms with Gasteiger partial charge >= 0.3 is 0 Å². The second-order valence-electron chi connectivity index (χ2n) is 4.07. The van der Waals surface area contributed by atoms with Crippen LogP contribution in [0.5, 0.6) is 5.75 Å². The van der Waals surface area contributed by atoms with Crippen LogP contribution >= 0.6 is 0 Å². The molecule has 1 aliphatic rings. The molecule has 0 bridgehead atoms. The quantitative estimate of drug-likeness (QED) is 0.742. The molecule has 2 heteroatoms. The molecule has 14 heavy (non-hydrogen) atoms. The Labute approximate surface area is 85.3 Å². The first kappa shape index (κ1) is 9.53. The van der Waals surface area contributed by atoms with Gasteiger partial charge in [0.05, 0.1) is 12.6 Å². The fourth-order valence-corrected chi connectivity index (χ4v) is 1.73. The standard InChI is InChI=1S/C12H17NO/c1-4-9-5-6-11(14-3)10(7-9)12(2)8-13-12/h5-7,13H,4,8H2,1-3H3. The zero-order valence-corrected chi connectivity index (χ0v) is 9.05. The van der Waals surface area contributed by atoms with Crippen LogP contribution in [0.2, 0.25) is 0 Å². The van der Waals surface area contributed by atoms with Crippen LogP contribution < -0.4 is 10.1 Å². The van der Waals surface area contributed by atoms with E-state index in [1.54, 1.807) is 7.11 Å². The zero-order chi connectivity index (χ0) is 10.2. The minimum Gasteiger partial charge on any atom is -0.496 e. The second-order valence-corrected chi connectivity index (χ2v) is 4.07. The SMILES string of the molecule is CCc1ccc(OC)c(C2(C)CN2)c1. The maximum atomic E-state index is 5.37. The van der Waals surface area contributed by atoms with Gasteiger partial charge in [0.25, 0.3) is 0 Å². The van der Waals surface area contributed by atoms with Crippen molar-refractivity contribution in [1.29, 1.82) is 0 Å². The Morgan fingerprint density at radius 3 is 2.71 bits per heavy atom. The summed E-state index contributed by atoms with van der Waals surface area (Å²) in [4.78, 5) is 0. The molecule has 1 saturated heterocycles. The van der Waals surface area contributed by atoms with Crippen molar-refractivity contribution in [3.8, 4) is 5.75 Å². The molecular weight excluding hydrogens is 174 g/mol. The fourth-order valence-electron chi connectivity index (χ4n) is 1.73. The van der Waals surface area contributed by atoms with Gasteiger partial charge in [-0.25, -0.2) is 0 Å². The van der Waals surface area contributed by atoms with E-state index in [0.29, 0.717) is 0 Å². The minimum absolute atomic E-state index is 0.149. The normalized spacial score (nSPS) is 24.8. The van der Waals surface area contributed by atoms with Crippen LogP contribution in [-0.2, 0) is 12.0 Å². The van der Waals surface area contributed by atoms with E-state index < -0.39 is 0 Å². The van der Waals surface area contributed by atoms with E-state index in [1.807, 2.05) is 0 Å². The van der Waals surface area contributed by atoms with E-state index in [9.17, 15) is 0 Å². The average Bonchev–Trinajstić information content (AvgIpc) is 2.97. The Morgan fingerprint density at radius 1 is 1.50 bits per heavy atom. The van der Waals surface area contributed by atoms with Gasteiger partial charge in [0.2, 0.25) is 0 Å². The Balaban J connectivity index is 2.43.